The Morgan fingerprint density at radius 2 is 0.972 bits per heavy atom. The molecule has 3 heteroatoms. The minimum Gasteiger partial charge on any atom is -0.492 e. The molecule has 0 saturated heterocycles. The molecule has 0 bridgehead atoms. The lowest BCUT2D eigenvalue weighted by molar-refractivity contribution is 0.306. The zero-order valence-corrected chi connectivity index (χ0v) is 23.5. The Labute approximate surface area is 224 Å². The summed E-state index contributed by atoms with van der Waals surface area (Å²) >= 11 is 6.23. The number of unbranched alkanes of at least 4 members (excludes halogenated alkanes) is 12. The quantitative estimate of drug-likeness (QED) is 0.0906. The number of fused-ring (bicyclic) bond motifs is 2. The first-order chi connectivity index (χ1) is 17.8. The zero-order chi connectivity index (χ0) is 25.4. The topological polar surface area (TPSA) is 18.5 Å². The van der Waals surface area contributed by atoms with E-state index in [1.165, 1.54) is 77.0 Å². The second-order valence-corrected chi connectivity index (χ2v) is 10.4. The summed E-state index contributed by atoms with van der Waals surface area (Å²) in [4.78, 5) is 0. The van der Waals surface area contributed by atoms with Gasteiger partial charge in [-0.2, -0.15) is 0 Å². The first-order valence-electron chi connectivity index (χ1n) is 14.6. The van der Waals surface area contributed by atoms with Crippen LogP contribution < -0.4 is 9.47 Å². The van der Waals surface area contributed by atoms with Crippen LogP contribution >= 0.6 is 11.6 Å². The van der Waals surface area contributed by atoms with Crippen molar-refractivity contribution in [3.05, 3.63) is 48.0 Å². The van der Waals surface area contributed by atoms with Crippen molar-refractivity contribution in [3.8, 4) is 11.5 Å². The fourth-order valence-corrected chi connectivity index (χ4v) is 5.17. The van der Waals surface area contributed by atoms with Gasteiger partial charge in [0.1, 0.15) is 11.5 Å². The van der Waals surface area contributed by atoms with Crippen LogP contribution in [0.4, 0.5) is 0 Å². The van der Waals surface area contributed by atoms with E-state index in [4.69, 9.17) is 21.1 Å². The lowest BCUT2D eigenvalue weighted by atomic mass is 9.99. The van der Waals surface area contributed by atoms with Crippen molar-refractivity contribution >= 4 is 33.1 Å². The molecule has 0 radical (unpaired) electrons. The third kappa shape index (κ3) is 8.58. The number of halogens is 1. The molecule has 0 aliphatic carbocycles. The summed E-state index contributed by atoms with van der Waals surface area (Å²) in [5.74, 6) is 2.45. The Hall–Kier alpha value is -1.93. The summed E-state index contributed by atoms with van der Waals surface area (Å²) in [6.45, 7) is 6.03. The van der Waals surface area contributed by atoms with Gasteiger partial charge in [-0.05, 0) is 24.5 Å². The third-order valence-corrected chi connectivity index (χ3v) is 7.44. The van der Waals surface area contributed by atoms with E-state index in [1.807, 2.05) is 0 Å². The van der Waals surface area contributed by atoms with E-state index >= 15 is 0 Å². The monoisotopic (exact) mass is 510 g/mol. The van der Waals surface area contributed by atoms with Crippen molar-refractivity contribution in [1.29, 1.82) is 0 Å². The summed E-state index contributed by atoms with van der Waals surface area (Å²) < 4.78 is 13.0. The SMILES string of the molecule is CCCCCCCCCOc1c2ccccc2c(OCCCCCCCCC)c2cc(CCl)ccc12. The first kappa shape index (κ1) is 28.6. The summed E-state index contributed by atoms with van der Waals surface area (Å²) in [6, 6.07) is 15.0. The molecule has 198 valence electrons. The smallest absolute Gasteiger partial charge is 0.135 e. The minimum absolute atomic E-state index is 0.494. The van der Waals surface area contributed by atoms with Crippen LogP contribution in [0.3, 0.4) is 0 Å². The molecule has 0 aromatic heterocycles. The van der Waals surface area contributed by atoms with Crippen LogP contribution in [-0.2, 0) is 5.88 Å². The molecule has 0 unspecified atom stereocenters. The van der Waals surface area contributed by atoms with Crippen molar-refractivity contribution in [2.75, 3.05) is 13.2 Å². The highest BCUT2D eigenvalue weighted by molar-refractivity contribution is 6.17. The van der Waals surface area contributed by atoms with Crippen molar-refractivity contribution in [1.82, 2.24) is 0 Å². The van der Waals surface area contributed by atoms with Gasteiger partial charge in [-0.1, -0.05) is 127 Å². The fourth-order valence-electron chi connectivity index (χ4n) is 5.01. The maximum atomic E-state index is 6.51. The van der Waals surface area contributed by atoms with E-state index in [2.05, 4.69) is 56.3 Å². The molecular formula is C33H47ClO2. The van der Waals surface area contributed by atoms with Gasteiger partial charge in [0.05, 0.1) is 13.2 Å². The molecule has 0 spiro atoms. The third-order valence-electron chi connectivity index (χ3n) is 7.13. The molecule has 0 saturated carbocycles. The van der Waals surface area contributed by atoms with Crippen LogP contribution in [0, 0.1) is 0 Å². The minimum atomic E-state index is 0.494. The number of hydrogen-bond acceptors (Lipinski definition) is 2. The lowest BCUT2D eigenvalue weighted by Crippen LogP contribution is -2.02. The van der Waals surface area contributed by atoms with Gasteiger partial charge >= 0.3 is 0 Å². The lowest BCUT2D eigenvalue weighted by Gasteiger charge is -2.18. The highest BCUT2D eigenvalue weighted by atomic mass is 35.5. The Morgan fingerprint density at radius 1 is 0.528 bits per heavy atom. The molecule has 0 aliphatic rings. The average molecular weight is 511 g/mol. The van der Waals surface area contributed by atoms with E-state index < -0.39 is 0 Å². The van der Waals surface area contributed by atoms with Gasteiger partial charge in [0.25, 0.3) is 0 Å². The second-order valence-electron chi connectivity index (χ2n) is 10.2. The van der Waals surface area contributed by atoms with Crippen LogP contribution in [0.25, 0.3) is 21.5 Å². The molecule has 0 atom stereocenters. The van der Waals surface area contributed by atoms with Gasteiger partial charge < -0.3 is 9.47 Å². The molecule has 0 fully saturated rings. The molecule has 0 N–H and O–H groups in total. The van der Waals surface area contributed by atoms with Gasteiger partial charge in [-0.15, -0.1) is 11.6 Å². The van der Waals surface area contributed by atoms with Crippen LogP contribution in [0.15, 0.2) is 42.5 Å². The van der Waals surface area contributed by atoms with Gasteiger partial charge in [0.15, 0.2) is 0 Å². The highest BCUT2D eigenvalue weighted by Gasteiger charge is 2.16. The maximum absolute atomic E-state index is 6.51. The van der Waals surface area contributed by atoms with Crippen LogP contribution in [-0.4, -0.2) is 13.2 Å². The van der Waals surface area contributed by atoms with Gasteiger partial charge in [-0.3, -0.25) is 0 Å². The van der Waals surface area contributed by atoms with Crippen molar-refractivity contribution < 1.29 is 9.47 Å². The standard InChI is InChI=1S/C33H47ClO2/c1-3-5-7-9-11-13-17-23-35-32-28-19-15-16-20-29(28)33(31-25-27(26-34)21-22-30(31)32)36-24-18-14-12-10-8-6-4-2/h15-16,19-22,25H,3-14,17-18,23-24,26H2,1-2H3. The van der Waals surface area contributed by atoms with Crippen molar-refractivity contribution in [2.24, 2.45) is 0 Å². The van der Waals surface area contributed by atoms with Crippen molar-refractivity contribution in [3.63, 3.8) is 0 Å². The van der Waals surface area contributed by atoms with Gasteiger partial charge in [0, 0.05) is 27.4 Å². The fraction of sp³-hybridized carbons (Fsp3) is 0.576. The largest absolute Gasteiger partial charge is 0.492 e. The first-order valence-corrected chi connectivity index (χ1v) is 15.1. The number of rotatable bonds is 19. The summed E-state index contributed by atoms with van der Waals surface area (Å²) in [5, 5.41) is 4.51. The highest BCUT2D eigenvalue weighted by Crippen LogP contribution is 2.43. The Balaban J connectivity index is 1.73. The molecule has 0 aliphatic heterocycles. The Bertz CT molecular complexity index is 1030. The normalized spacial score (nSPS) is 11.4. The average Bonchev–Trinajstić information content (AvgIpc) is 2.91. The molecule has 36 heavy (non-hydrogen) atoms. The Kier molecular flexibility index (Phi) is 13.3. The molecule has 0 heterocycles. The molecule has 3 rings (SSSR count). The number of ether oxygens (including phenoxy) is 2. The molecule has 3 aromatic carbocycles. The number of alkyl halides is 1. The van der Waals surface area contributed by atoms with Crippen LogP contribution in [0.5, 0.6) is 11.5 Å². The van der Waals surface area contributed by atoms with E-state index in [0.29, 0.717) is 5.88 Å². The summed E-state index contributed by atoms with van der Waals surface area (Å²) in [7, 11) is 0. The predicted molar refractivity (Wildman–Crippen MR) is 158 cm³/mol. The van der Waals surface area contributed by atoms with Crippen LogP contribution in [0.1, 0.15) is 109 Å². The van der Waals surface area contributed by atoms with Crippen molar-refractivity contribution in [2.45, 2.75) is 110 Å². The Morgan fingerprint density at radius 3 is 1.47 bits per heavy atom. The molecule has 2 nitrogen and oxygen atoms in total. The van der Waals surface area contributed by atoms with Gasteiger partial charge in [-0.25, -0.2) is 0 Å². The number of benzene rings is 3. The van der Waals surface area contributed by atoms with E-state index in [9.17, 15) is 0 Å². The zero-order valence-electron chi connectivity index (χ0n) is 22.8. The van der Waals surface area contributed by atoms with Gasteiger partial charge in [0.2, 0.25) is 0 Å². The molecule has 0 amide bonds. The van der Waals surface area contributed by atoms with E-state index in [0.717, 1.165) is 64.7 Å². The number of hydrogen-bond donors (Lipinski definition) is 0. The molecule has 3 aromatic rings. The maximum Gasteiger partial charge on any atom is 0.135 e. The van der Waals surface area contributed by atoms with Crippen LogP contribution in [0.2, 0.25) is 0 Å². The summed E-state index contributed by atoms with van der Waals surface area (Å²) in [6.07, 6.45) is 17.9. The van der Waals surface area contributed by atoms with E-state index in [-0.39, 0.29) is 0 Å². The van der Waals surface area contributed by atoms with E-state index in [1.54, 1.807) is 0 Å². The summed E-state index contributed by atoms with van der Waals surface area (Å²) in [5.41, 5.74) is 1.11. The second kappa shape index (κ2) is 16.7. The predicted octanol–water partition coefficient (Wildman–Crippen LogP) is 11.0. The molecular weight excluding hydrogens is 464 g/mol.